The van der Waals surface area contributed by atoms with Crippen molar-refractivity contribution in [2.75, 3.05) is 11.1 Å². The molecule has 2 heterocycles. The summed E-state index contributed by atoms with van der Waals surface area (Å²) in [6.45, 7) is 6.63. The number of hydrogen-bond donors (Lipinski definition) is 1. The van der Waals surface area contributed by atoms with Crippen molar-refractivity contribution in [1.82, 2.24) is 19.7 Å². The third-order valence-electron chi connectivity index (χ3n) is 5.69. The Morgan fingerprint density at radius 2 is 1.84 bits per heavy atom. The van der Waals surface area contributed by atoms with Crippen molar-refractivity contribution < 1.29 is 4.79 Å². The van der Waals surface area contributed by atoms with Crippen LogP contribution in [0.1, 0.15) is 58.1 Å². The molecule has 4 rings (SSSR count). The van der Waals surface area contributed by atoms with Crippen molar-refractivity contribution in [1.29, 1.82) is 0 Å². The van der Waals surface area contributed by atoms with Crippen molar-refractivity contribution in [3.05, 3.63) is 53.2 Å². The maximum atomic E-state index is 12.4. The fourth-order valence-electron chi connectivity index (χ4n) is 3.94. The van der Waals surface area contributed by atoms with Crippen molar-refractivity contribution in [2.45, 2.75) is 63.1 Å². The van der Waals surface area contributed by atoms with Crippen LogP contribution in [0.4, 0.5) is 5.82 Å². The molecule has 6 nitrogen and oxygen atoms in total. The van der Waals surface area contributed by atoms with Gasteiger partial charge < -0.3 is 5.32 Å². The molecule has 0 spiro atoms. The van der Waals surface area contributed by atoms with Crippen LogP contribution in [0.5, 0.6) is 0 Å². The first-order chi connectivity index (χ1) is 15.3. The Balaban J connectivity index is 1.53. The van der Waals surface area contributed by atoms with Crippen molar-refractivity contribution >= 4 is 35.1 Å². The first-order valence-corrected chi connectivity index (χ1v) is 12.3. The Labute approximate surface area is 198 Å². The molecule has 1 saturated carbocycles. The molecule has 1 fully saturated rings. The number of halogens is 1. The minimum atomic E-state index is -0.137. The fourth-order valence-corrected chi connectivity index (χ4v) is 4.86. The molecular weight excluding hydrogens is 442 g/mol. The van der Waals surface area contributed by atoms with E-state index in [1.54, 1.807) is 12.1 Å². The molecule has 0 atom stereocenters. The summed E-state index contributed by atoms with van der Waals surface area (Å²) in [7, 11) is 0. The van der Waals surface area contributed by atoms with Crippen molar-refractivity contribution in [3.8, 4) is 11.4 Å². The van der Waals surface area contributed by atoms with Crippen molar-refractivity contribution in [3.63, 3.8) is 0 Å². The summed E-state index contributed by atoms with van der Waals surface area (Å²) in [5, 5.41) is 13.1. The van der Waals surface area contributed by atoms with Crippen LogP contribution < -0.4 is 5.32 Å². The molecule has 0 bridgehead atoms. The fraction of sp³-hybridized carbons (Fsp3) is 0.417. The maximum Gasteiger partial charge on any atom is 0.236 e. The molecule has 0 unspecified atom stereocenters. The molecule has 3 aromatic rings. The largest absolute Gasteiger partial charge is 0.310 e. The van der Waals surface area contributed by atoms with E-state index >= 15 is 0 Å². The average molecular weight is 470 g/mol. The normalized spacial score (nSPS) is 14.6. The predicted octanol–water partition coefficient (Wildman–Crippen LogP) is 6.14. The summed E-state index contributed by atoms with van der Waals surface area (Å²) >= 11 is 7.27. The molecule has 1 aliphatic carbocycles. The lowest BCUT2D eigenvalue weighted by atomic mass is 9.86. The van der Waals surface area contributed by atoms with Gasteiger partial charge in [-0.25, -0.2) is 4.98 Å². The second kappa shape index (κ2) is 9.63. The van der Waals surface area contributed by atoms with Gasteiger partial charge in [0.15, 0.2) is 11.0 Å². The number of pyridine rings is 1. The van der Waals surface area contributed by atoms with E-state index in [9.17, 15) is 4.79 Å². The van der Waals surface area contributed by atoms with Crippen LogP contribution >= 0.6 is 23.4 Å². The number of hydrogen-bond acceptors (Lipinski definition) is 5. The van der Waals surface area contributed by atoms with Gasteiger partial charge in [-0.3, -0.25) is 9.36 Å². The smallest absolute Gasteiger partial charge is 0.236 e. The van der Waals surface area contributed by atoms with E-state index in [1.165, 1.54) is 36.4 Å². The second-order valence-electron chi connectivity index (χ2n) is 9.14. The molecule has 1 amide bonds. The molecule has 1 N–H and O–H groups in total. The lowest BCUT2D eigenvalue weighted by molar-refractivity contribution is -0.113. The number of benzene rings is 1. The number of nitrogens with one attached hydrogen (secondary N) is 1. The molecule has 168 valence electrons. The second-order valence-corrected chi connectivity index (χ2v) is 10.5. The highest BCUT2D eigenvalue weighted by Gasteiger charge is 2.25. The Kier molecular flexibility index (Phi) is 6.86. The quantitative estimate of drug-likeness (QED) is 0.439. The number of thioether (sulfide) groups is 1. The van der Waals surface area contributed by atoms with Gasteiger partial charge in [-0.15, -0.1) is 10.2 Å². The Morgan fingerprint density at radius 3 is 2.47 bits per heavy atom. The Hall–Kier alpha value is -2.38. The van der Waals surface area contributed by atoms with E-state index in [-0.39, 0.29) is 17.1 Å². The first kappa shape index (κ1) is 22.8. The minimum Gasteiger partial charge on any atom is -0.310 e. The number of anilines is 1. The third-order valence-corrected chi connectivity index (χ3v) is 6.86. The van der Waals surface area contributed by atoms with Crippen LogP contribution in [0.2, 0.25) is 5.02 Å². The van der Waals surface area contributed by atoms with Gasteiger partial charge in [-0.05, 0) is 36.0 Å². The molecule has 0 radical (unpaired) electrons. The van der Waals surface area contributed by atoms with Gasteiger partial charge in [0.1, 0.15) is 5.82 Å². The van der Waals surface area contributed by atoms with E-state index < -0.39 is 0 Å². The number of carbonyl (C=O) groups is 1. The van der Waals surface area contributed by atoms with Gasteiger partial charge in [0.25, 0.3) is 0 Å². The summed E-state index contributed by atoms with van der Waals surface area (Å²) in [5.41, 5.74) is 2.44. The molecule has 0 aliphatic heterocycles. The van der Waals surface area contributed by atoms with Crippen LogP contribution in [-0.2, 0) is 10.2 Å². The highest BCUT2D eigenvalue weighted by atomic mass is 35.5. The third kappa shape index (κ3) is 5.33. The number of amides is 1. The van der Waals surface area contributed by atoms with Gasteiger partial charge >= 0.3 is 0 Å². The highest BCUT2D eigenvalue weighted by molar-refractivity contribution is 7.99. The number of aromatic nitrogens is 4. The molecular formula is C24H28ClN5OS. The van der Waals surface area contributed by atoms with E-state index in [4.69, 9.17) is 11.6 Å². The molecule has 32 heavy (non-hydrogen) atoms. The molecule has 1 aromatic carbocycles. The monoisotopic (exact) mass is 469 g/mol. The summed E-state index contributed by atoms with van der Waals surface area (Å²) in [6.07, 6.45) is 6.15. The van der Waals surface area contributed by atoms with Gasteiger partial charge in [-0.2, -0.15) is 0 Å². The molecule has 0 saturated heterocycles. The Morgan fingerprint density at radius 1 is 1.12 bits per heavy atom. The molecule has 8 heteroatoms. The van der Waals surface area contributed by atoms with Crippen LogP contribution in [0.25, 0.3) is 11.4 Å². The minimum absolute atomic E-state index is 0.102. The standard InChI is InChI=1S/C24H28ClN5OS/c1-24(2,3)17-10-8-16(9-11-17)22-28-29-23(30(22)19-6-4-5-7-19)32-15-21(31)27-20-13-12-18(25)14-26-20/h8-14,19H,4-7,15H2,1-3H3,(H,26,27,31). The lowest BCUT2D eigenvalue weighted by Gasteiger charge is -2.20. The topological polar surface area (TPSA) is 72.7 Å². The number of rotatable bonds is 6. The highest BCUT2D eigenvalue weighted by Crippen LogP contribution is 2.37. The lowest BCUT2D eigenvalue weighted by Crippen LogP contribution is -2.16. The van der Waals surface area contributed by atoms with E-state index in [1.807, 2.05) is 0 Å². The molecule has 2 aromatic heterocycles. The van der Waals surface area contributed by atoms with Crippen LogP contribution in [0.3, 0.4) is 0 Å². The van der Waals surface area contributed by atoms with Gasteiger partial charge in [0.2, 0.25) is 5.91 Å². The Bertz CT molecular complexity index is 1070. The van der Waals surface area contributed by atoms with Crippen LogP contribution in [0, 0.1) is 0 Å². The number of carbonyl (C=O) groups excluding carboxylic acids is 1. The van der Waals surface area contributed by atoms with E-state index in [0.717, 1.165) is 29.4 Å². The zero-order valence-electron chi connectivity index (χ0n) is 18.6. The average Bonchev–Trinajstić information content (AvgIpc) is 3.43. The van der Waals surface area contributed by atoms with Gasteiger partial charge in [0.05, 0.1) is 10.8 Å². The van der Waals surface area contributed by atoms with E-state index in [0.29, 0.717) is 16.9 Å². The van der Waals surface area contributed by atoms with E-state index in [2.05, 4.69) is 70.1 Å². The number of nitrogens with zero attached hydrogens (tertiary/aromatic N) is 4. The van der Waals surface area contributed by atoms with Crippen molar-refractivity contribution in [2.24, 2.45) is 0 Å². The zero-order valence-corrected chi connectivity index (χ0v) is 20.2. The van der Waals surface area contributed by atoms with Crippen LogP contribution in [0.15, 0.2) is 47.8 Å². The molecule has 1 aliphatic rings. The first-order valence-electron chi connectivity index (χ1n) is 10.9. The maximum absolute atomic E-state index is 12.4. The van der Waals surface area contributed by atoms with Gasteiger partial charge in [0, 0.05) is 17.8 Å². The SMILES string of the molecule is CC(C)(C)c1ccc(-c2nnc(SCC(=O)Nc3ccc(Cl)cn3)n2C2CCCC2)cc1. The van der Waals surface area contributed by atoms with Crippen LogP contribution in [-0.4, -0.2) is 31.4 Å². The summed E-state index contributed by atoms with van der Waals surface area (Å²) in [5.74, 6) is 1.45. The summed E-state index contributed by atoms with van der Waals surface area (Å²) in [6, 6.07) is 12.3. The zero-order chi connectivity index (χ0) is 22.7. The van der Waals surface area contributed by atoms with Gasteiger partial charge in [-0.1, -0.05) is 81.2 Å². The summed E-state index contributed by atoms with van der Waals surface area (Å²) in [4.78, 5) is 16.6. The summed E-state index contributed by atoms with van der Waals surface area (Å²) < 4.78 is 2.23. The predicted molar refractivity (Wildman–Crippen MR) is 130 cm³/mol.